The average Bonchev–Trinajstić information content (AvgIpc) is 2.76. The number of aryl methyl sites for hydroxylation is 2. The Balaban J connectivity index is 2.20. The number of likely N-dealkylation sites (N-methyl/N-ethyl adjacent to an activating group) is 1. The molecule has 1 aromatic heterocycles. The third-order valence-electron chi connectivity index (χ3n) is 3.77. The summed E-state index contributed by atoms with van der Waals surface area (Å²) in [6, 6.07) is 11.3. The Morgan fingerprint density at radius 1 is 1.24 bits per heavy atom. The molecular formula is C17H26N4. The van der Waals surface area contributed by atoms with Crippen LogP contribution in [0.3, 0.4) is 0 Å². The molecule has 0 fully saturated rings. The fourth-order valence-electron chi connectivity index (χ4n) is 2.62. The molecule has 1 heterocycles. The van der Waals surface area contributed by atoms with Crippen LogP contribution in [0.1, 0.15) is 29.9 Å². The van der Waals surface area contributed by atoms with Gasteiger partial charge in [-0.3, -0.25) is 4.68 Å². The SMILES string of the molecule is CCNC(Cc1cc(C)nn1C)c1ccc(N(C)C)cc1. The van der Waals surface area contributed by atoms with Crippen molar-refractivity contribution in [1.82, 2.24) is 15.1 Å². The predicted octanol–water partition coefficient (Wildman–Crippen LogP) is 2.69. The zero-order chi connectivity index (χ0) is 15.4. The summed E-state index contributed by atoms with van der Waals surface area (Å²) in [6.45, 7) is 5.14. The topological polar surface area (TPSA) is 33.1 Å². The van der Waals surface area contributed by atoms with Gasteiger partial charge in [0.1, 0.15) is 0 Å². The molecule has 2 aromatic rings. The van der Waals surface area contributed by atoms with Crippen molar-refractivity contribution in [3.05, 3.63) is 47.3 Å². The minimum atomic E-state index is 0.320. The van der Waals surface area contributed by atoms with Crippen LogP contribution in [0.15, 0.2) is 30.3 Å². The van der Waals surface area contributed by atoms with Crippen LogP contribution in [0.2, 0.25) is 0 Å². The summed E-state index contributed by atoms with van der Waals surface area (Å²) >= 11 is 0. The lowest BCUT2D eigenvalue weighted by Crippen LogP contribution is -2.24. The van der Waals surface area contributed by atoms with Gasteiger partial charge >= 0.3 is 0 Å². The zero-order valence-electron chi connectivity index (χ0n) is 13.7. The Bertz CT molecular complexity index is 569. The van der Waals surface area contributed by atoms with Gasteiger partial charge in [-0.25, -0.2) is 0 Å². The van der Waals surface area contributed by atoms with E-state index in [1.54, 1.807) is 0 Å². The van der Waals surface area contributed by atoms with E-state index in [0.717, 1.165) is 18.7 Å². The largest absolute Gasteiger partial charge is 0.378 e. The lowest BCUT2D eigenvalue weighted by molar-refractivity contribution is 0.529. The van der Waals surface area contributed by atoms with Gasteiger partial charge in [0.15, 0.2) is 0 Å². The van der Waals surface area contributed by atoms with E-state index in [2.05, 4.69) is 66.7 Å². The van der Waals surface area contributed by atoms with Crippen LogP contribution in [0.25, 0.3) is 0 Å². The first kappa shape index (κ1) is 15.6. The molecule has 0 aliphatic heterocycles. The molecule has 1 atom stereocenters. The van der Waals surface area contributed by atoms with Gasteiger partial charge in [0, 0.05) is 45.0 Å². The second-order valence-corrected chi connectivity index (χ2v) is 5.70. The average molecular weight is 286 g/mol. The number of hydrogen-bond donors (Lipinski definition) is 1. The molecule has 0 bridgehead atoms. The van der Waals surface area contributed by atoms with E-state index < -0.39 is 0 Å². The molecule has 0 aliphatic carbocycles. The number of aromatic nitrogens is 2. The molecule has 2 rings (SSSR count). The Morgan fingerprint density at radius 2 is 1.90 bits per heavy atom. The summed E-state index contributed by atoms with van der Waals surface area (Å²) in [5.41, 5.74) is 4.88. The predicted molar refractivity (Wildman–Crippen MR) is 88.8 cm³/mol. The molecule has 1 N–H and O–H groups in total. The highest BCUT2D eigenvalue weighted by Gasteiger charge is 2.14. The number of rotatable bonds is 6. The van der Waals surface area contributed by atoms with Crippen LogP contribution >= 0.6 is 0 Å². The Kier molecular flexibility index (Phi) is 5.02. The molecule has 0 spiro atoms. The molecule has 0 radical (unpaired) electrons. The van der Waals surface area contributed by atoms with Gasteiger partial charge in [-0.05, 0) is 37.2 Å². The summed E-state index contributed by atoms with van der Waals surface area (Å²) < 4.78 is 1.98. The normalized spacial score (nSPS) is 12.4. The maximum absolute atomic E-state index is 4.44. The zero-order valence-corrected chi connectivity index (χ0v) is 13.7. The monoisotopic (exact) mass is 286 g/mol. The van der Waals surface area contributed by atoms with Gasteiger partial charge in [-0.1, -0.05) is 19.1 Å². The molecule has 21 heavy (non-hydrogen) atoms. The van der Waals surface area contributed by atoms with Gasteiger partial charge in [0.05, 0.1) is 5.69 Å². The first-order valence-corrected chi connectivity index (χ1v) is 7.51. The Hall–Kier alpha value is -1.81. The third kappa shape index (κ3) is 3.85. The van der Waals surface area contributed by atoms with E-state index in [4.69, 9.17) is 0 Å². The van der Waals surface area contributed by atoms with E-state index in [1.165, 1.54) is 16.9 Å². The van der Waals surface area contributed by atoms with Crippen LogP contribution in [0, 0.1) is 6.92 Å². The molecule has 0 saturated heterocycles. The van der Waals surface area contributed by atoms with Crippen LogP contribution < -0.4 is 10.2 Å². The number of nitrogens with zero attached hydrogens (tertiary/aromatic N) is 3. The summed E-state index contributed by atoms with van der Waals surface area (Å²) in [5, 5.41) is 8.02. The van der Waals surface area contributed by atoms with Crippen molar-refractivity contribution < 1.29 is 0 Å². The smallest absolute Gasteiger partial charge is 0.0596 e. The van der Waals surface area contributed by atoms with Crippen LogP contribution in [0.5, 0.6) is 0 Å². The van der Waals surface area contributed by atoms with Gasteiger partial charge in [-0.15, -0.1) is 0 Å². The van der Waals surface area contributed by atoms with Gasteiger partial charge in [-0.2, -0.15) is 5.10 Å². The Morgan fingerprint density at radius 3 is 2.38 bits per heavy atom. The number of benzene rings is 1. The second kappa shape index (κ2) is 6.76. The van der Waals surface area contributed by atoms with Crippen molar-refractivity contribution in [1.29, 1.82) is 0 Å². The van der Waals surface area contributed by atoms with E-state index in [-0.39, 0.29) is 0 Å². The van der Waals surface area contributed by atoms with Crippen molar-refractivity contribution >= 4 is 5.69 Å². The van der Waals surface area contributed by atoms with Crippen LogP contribution in [-0.2, 0) is 13.5 Å². The van der Waals surface area contributed by atoms with E-state index >= 15 is 0 Å². The minimum Gasteiger partial charge on any atom is -0.378 e. The number of nitrogens with one attached hydrogen (secondary N) is 1. The first-order valence-electron chi connectivity index (χ1n) is 7.51. The van der Waals surface area contributed by atoms with Crippen LogP contribution in [-0.4, -0.2) is 30.4 Å². The number of hydrogen-bond acceptors (Lipinski definition) is 3. The lowest BCUT2D eigenvalue weighted by Gasteiger charge is -2.20. The van der Waals surface area contributed by atoms with Gasteiger partial charge < -0.3 is 10.2 Å². The molecular weight excluding hydrogens is 260 g/mol. The molecule has 1 unspecified atom stereocenters. The second-order valence-electron chi connectivity index (χ2n) is 5.70. The highest BCUT2D eigenvalue weighted by Crippen LogP contribution is 2.21. The minimum absolute atomic E-state index is 0.320. The highest BCUT2D eigenvalue weighted by atomic mass is 15.3. The standard InChI is InChI=1S/C17H26N4/c1-6-18-17(12-16-11-13(2)19-21(16)5)14-7-9-15(10-8-14)20(3)4/h7-11,17-18H,6,12H2,1-5H3. The van der Waals surface area contributed by atoms with E-state index in [1.807, 2.05) is 18.7 Å². The van der Waals surface area contributed by atoms with E-state index in [9.17, 15) is 0 Å². The van der Waals surface area contributed by atoms with Gasteiger partial charge in [0.25, 0.3) is 0 Å². The van der Waals surface area contributed by atoms with Crippen molar-refractivity contribution in [3.8, 4) is 0 Å². The fourth-order valence-corrected chi connectivity index (χ4v) is 2.62. The van der Waals surface area contributed by atoms with Crippen molar-refractivity contribution in [2.45, 2.75) is 26.3 Å². The molecule has 0 aliphatic rings. The van der Waals surface area contributed by atoms with E-state index in [0.29, 0.717) is 6.04 Å². The maximum Gasteiger partial charge on any atom is 0.0596 e. The van der Waals surface area contributed by atoms with Crippen molar-refractivity contribution in [2.24, 2.45) is 7.05 Å². The summed E-state index contributed by atoms with van der Waals surface area (Å²) in [6.07, 6.45) is 0.951. The van der Waals surface area contributed by atoms with Crippen LogP contribution in [0.4, 0.5) is 5.69 Å². The lowest BCUT2D eigenvalue weighted by atomic mass is 10.0. The molecule has 4 nitrogen and oxygen atoms in total. The molecule has 114 valence electrons. The van der Waals surface area contributed by atoms with Crippen molar-refractivity contribution in [2.75, 3.05) is 25.5 Å². The molecule has 4 heteroatoms. The fraction of sp³-hybridized carbons (Fsp3) is 0.471. The molecule has 1 aromatic carbocycles. The number of anilines is 1. The third-order valence-corrected chi connectivity index (χ3v) is 3.77. The highest BCUT2D eigenvalue weighted by molar-refractivity contribution is 5.46. The summed E-state index contributed by atoms with van der Waals surface area (Å²) in [7, 11) is 6.14. The van der Waals surface area contributed by atoms with Gasteiger partial charge in [0.2, 0.25) is 0 Å². The maximum atomic E-state index is 4.44. The molecule has 0 amide bonds. The summed E-state index contributed by atoms with van der Waals surface area (Å²) in [4.78, 5) is 2.12. The summed E-state index contributed by atoms with van der Waals surface area (Å²) in [5.74, 6) is 0. The first-order chi connectivity index (χ1) is 10.0. The Labute approximate surface area is 127 Å². The molecule has 0 saturated carbocycles. The quantitative estimate of drug-likeness (QED) is 0.886. The van der Waals surface area contributed by atoms with Crippen molar-refractivity contribution in [3.63, 3.8) is 0 Å².